The molecule has 3 nitrogen and oxygen atoms in total. The van der Waals surface area contributed by atoms with Crippen LogP contribution in [-0.2, 0) is 5.60 Å². The van der Waals surface area contributed by atoms with Crippen molar-refractivity contribution in [2.45, 2.75) is 57.3 Å². The number of nitrogens with one attached hydrogen (secondary N) is 1. The van der Waals surface area contributed by atoms with E-state index in [1.807, 2.05) is 6.20 Å². The Balaban J connectivity index is 2.29. The summed E-state index contributed by atoms with van der Waals surface area (Å²) in [7, 11) is -1.58. The molecule has 0 unspecified atom stereocenters. The van der Waals surface area contributed by atoms with Gasteiger partial charge in [0.25, 0.3) is 0 Å². The Labute approximate surface area is 121 Å². The van der Waals surface area contributed by atoms with Crippen LogP contribution in [0.2, 0.25) is 18.1 Å². The second-order valence-corrected chi connectivity index (χ2v) is 13.8. The molecule has 2 heterocycles. The molecule has 0 atom stereocenters. The highest BCUT2D eigenvalue weighted by Gasteiger charge is 2.41. The third-order valence-electron chi connectivity index (χ3n) is 4.80. The van der Waals surface area contributed by atoms with Crippen molar-refractivity contribution in [3.63, 3.8) is 0 Å². The van der Waals surface area contributed by atoms with Crippen LogP contribution < -0.4 is 9.95 Å². The minimum atomic E-state index is -1.58. The van der Waals surface area contributed by atoms with E-state index in [4.69, 9.17) is 0 Å². The van der Waals surface area contributed by atoms with E-state index in [0.29, 0.717) is 5.04 Å². The van der Waals surface area contributed by atoms with E-state index < -0.39 is 13.7 Å². The second-order valence-electron chi connectivity index (χ2n) is 7.19. The Morgan fingerprint density at radius 3 is 2.42 bits per heavy atom. The number of hydrogen-bond donors (Lipinski definition) is 2. The molecule has 1 aliphatic heterocycles. The van der Waals surface area contributed by atoms with Gasteiger partial charge in [-0.1, -0.05) is 33.9 Å². The van der Waals surface area contributed by atoms with Crippen LogP contribution in [0.25, 0.3) is 0 Å². The van der Waals surface area contributed by atoms with Crippen LogP contribution in [0.4, 0.5) is 0 Å². The molecule has 0 amide bonds. The fourth-order valence-electron chi connectivity index (χ4n) is 2.19. The van der Waals surface area contributed by atoms with Crippen LogP contribution in [-0.4, -0.2) is 31.3 Å². The van der Waals surface area contributed by atoms with Crippen LogP contribution in [0.5, 0.6) is 0 Å². The summed E-state index contributed by atoms with van der Waals surface area (Å²) >= 11 is 1.74. The molecule has 5 heteroatoms. The lowest BCUT2D eigenvalue weighted by molar-refractivity contribution is 0.00925. The summed E-state index contributed by atoms with van der Waals surface area (Å²) in [4.78, 5) is 5.74. The lowest BCUT2D eigenvalue weighted by atomic mass is 9.91. The van der Waals surface area contributed by atoms with Gasteiger partial charge in [-0.15, -0.1) is 11.3 Å². The fourth-order valence-corrected chi connectivity index (χ4v) is 6.30. The fraction of sp³-hybridized carbons (Fsp3) is 0.786. The van der Waals surface area contributed by atoms with E-state index in [2.05, 4.69) is 44.2 Å². The number of thiazole rings is 1. The molecule has 0 bridgehead atoms. The molecule has 0 radical (unpaired) electrons. The molecule has 19 heavy (non-hydrogen) atoms. The van der Waals surface area contributed by atoms with Crippen molar-refractivity contribution in [2.24, 2.45) is 0 Å². The zero-order valence-electron chi connectivity index (χ0n) is 12.7. The maximum absolute atomic E-state index is 10.8. The van der Waals surface area contributed by atoms with E-state index in [9.17, 15) is 5.11 Å². The molecular formula is C14H26N2OSSi. The third kappa shape index (κ3) is 2.79. The van der Waals surface area contributed by atoms with E-state index in [1.165, 1.54) is 4.63 Å². The van der Waals surface area contributed by atoms with Gasteiger partial charge >= 0.3 is 0 Å². The molecule has 2 rings (SSSR count). The highest BCUT2D eigenvalue weighted by atomic mass is 32.1. The second kappa shape index (κ2) is 4.95. The van der Waals surface area contributed by atoms with E-state index in [-0.39, 0.29) is 0 Å². The molecule has 1 aromatic rings. The summed E-state index contributed by atoms with van der Waals surface area (Å²) in [6, 6.07) is 0. The molecule has 0 aromatic carbocycles. The predicted molar refractivity (Wildman–Crippen MR) is 84.9 cm³/mol. The van der Waals surface area contributed by atoms with Crippen molar-refractivity contribution in [3.8, 4) is 0 Å². The number of aliphatic hydroxyl groups is 1. The Morgan fingerprint density at radius 2 is 1.89 bits per heavy atom. The quantitative estimate of drug-likeness (QED) is 0.824. The molecule has 2 N–H and O–H groups in total. The van der Waals surface area contributed by atoms with E-state index >= 15 is 0 Å². The molecule has 1 saturated heterocycles. The summed E-state index contributed by atoms with van der Waals surface area (Å²) in [5.74, 6) is 0. The van der Waals surface area contributed by atoms with Gasteiger partial charge in [-0.3, -0.25) is 4.98 Å². The average Bonchev–Trinajstić information content (AvgIpc) is 2.78. The predicted octanol–water partition coefficient (Wildman–Crippen LogP) is 2.43. The van der Waals surface area contributed by atoms with Crippen LogP contribution in [0.3, 0.4) is 0 Å². The Kier molecular flexibility index (Phi) is 3.95. The highest BCUT2D eigenvalue weighted by molar-refractivity contribution is 7.26. The highest BCUT2D eigenvalue weighted by Crippen LogP contribution is 2.38. The Morgan fingerprint density at radius 1 is 1.32 bits per heavy atom. The standard InChI is InChI=1S/C14H26N2OSSi/c1-13(2,3)19(4,5)12-16-10-11(18-12)14(17)6-8-15-9-7-14/h10,15,17H,6-9H2,1-5H3. The lowest BCUT2D eigenvalue weighted by Crippen LogP contribution is -2.49. The van der Waals surface area contributed by atoms with Crippen LogP contribution in [0.15, 0.2) is 6.20 Å². The molecule has 108 valence electrons. The molecule has 1 fully saturated rings. The maximum atomic E-state index is 10.8. The van der Waals surface area contributed by atoms with Gasteiger partial charge in [0.05, 0.1) is 9.51 Å². The SMILES string of the molecule is CC(C)(C)[Si](C)(C)c1ncc(C2(O)CCNCC2)s1. The first-order valence-corrected chi connectivity index (χ1v) is 10.9. The Bertz CT molecular complexity index is 445. The molecule has 0 saturated carbocycles. The zero-order chi connectivity index (χ0) is 14.3. The number of nitrogens with zero attached hydrogens (tertiary/aromatic N) is 1. The minimum absolute atomic E-state index is 0.291. The van der Waals surface area contributed by atoms with Gasteiger partial charge in [0, 0.05) is 6.20 Å². The van der Waals surface area contributed by atoms with Crippen LogP contribution in [0, 0.1) is 0 Å². The van der Waals surface area contributed by atoms with Gasteiger partial charge in [-0.2, -0.15) is 0 Å². The normalized spacial score (nSPS) is 20.5. The molecule has 1 aromatic heterocycles. The van der Waals surface area contributed by atoms with Crippen molar-refractivity contribution in [3.05, 3.63) is 11.1 Å². The van der Waals surface area contributed by atoms with Crippen LogP contribution in [0.1, 0.15) is 38.5 Å². The summed E-state index contributed by atoms with van der Waals surface area (Å²) < 4.78 is 1.27. The average molecular weight is 299 g/mol. The summed E-state index contributed by atoms with van der Waals surface area (Å²) in [5.41, 5.74) is -0.649. The van der Waals surface area contributed by atoms with Crippen molar-refractivity contribution < 1.29 is 5.11 Å². The smallest absolute Gasteiger partial charge is 0.123 e. The molecular weight excluding hydrogens is 272 g/mol. The van der Waals surface area contributed by atoms with Crippen LogP contribution >= 0.6 is 11.3 Å². The number of rotatable bonds is 2. The van der Waals surface area contributed by atoms with Crippen molar-refractivity contribution >= 4 is 24.0 Å². The first-order chi connectivity index (χ1) is 8.67. The number of piperidine rings is 1. The number of hydrogen-bond acceptors (Lipinski definition) is 4. The summed E-state index contributed by atoms with van der Waals surface area (Å²) in [5, 5.41) is 14.4. The van der Waals surface area contributed by atoms with Crippen molar-refractivity contribution in [1.82, 2.24) is 10.3 Å². The first-order valence-electron chi connectivity index (χ1n) is 7.07. The van der Waals surface area contributed by atoms with Gasteiger partial charge in [-0.25, -0.2) is 0 Å². The molecule has 0 spiro atoms. The van der Waals surface area contributed by atoms with E-state index in [1.54, 1.807) is 11.3 Å². The summed E-state index contributed by atoms with van der Waals surface area (Å²) in [6.07, 6.45) is 3.52. The monoisotopic (exact) mass is 298 g/mol. The van der Waals surface area contributed by atoms with Gasteiger partial charge in [-0.05, 0) is 31.0 Å². The van der Waals surface area contributed by atoms with Gasteiger partial charge in [0.2, 0.25) is 0 Å². The first kappa shape index (κ1) is 15.2. The number of aromatic nitrogens is 1. The largest absolute Gasteiger partial charge is 0.384 e. The molecule has 1 aliphatic rings. The lowest BCUT2D eigenvalue weighted by Gasteiger charge is -2.35. The van der Waals surface area contributed by atoms with Gasteiger partial charge < -0.3 is 10.4 Å². The minimum Gasteiger partial charge on any atom is -0.384 e. The van der Waals surface area contributed by atoms with E-state index in [0.717, 1.165) is 30.8 Å². The van der Waals surface area contributed by atoms with Gasteiger partial charge in [0.1, 0.15) is 13.7 Å². The van der Waals surface area contributed by atoms with Crippen molar-refractivity contribution in [1.29, 1.82) is 0 Å². The Hall–Kier alpha value is -0.233. The third-order valence-corrected chi connectivity index (χ3v) is 12.6. The van der Waals surface area contributed by atoms with Gasteiger partial charge in [0.15, 0.2) is 0 Å². The molecule has 0 aliphatic carbocycles. The maximum Gasteiger partial charge on any atom is 0.123 e. The van der Waals surface area contributed by atoms with Crippen molar-refractivity contribution in [2.75, 3.05) is 13.1 Å². The zero-order valence-corrected chi connectivity index (χ0v) is 14.5. The summed E-state index contributed by atoms with van der Waals surface area (Å²) in [6.45, 7) is 13.5. The topological polar surface area (TPSA) is 45.2 Å².